The van der Waals surface area contributed by atoms with E-state index in [0.717, 1.165) is 25.7 Å². The molecule has 5 heteroatoms. The smallest absolute Gasteiger partial charge is 0.156 e. The van der Waals surface area contributed by atoms with Crippen molar-refractivity contribution in [3.05, 3.63) is 0 Å². The largest absolute Gasteiger partial charge is 0.316 e. The second kappa shape index (κ2) is 5.21. The molecule has 4 rings (SSSR count). The Kier molecular flexibility index (Phi) is 3.56. The van der Waals surface area contributed by atoms with Gasteiger partial charge in [-0.3, -0.25) is 14.4 Å². The summed E-state index contributed by atoms with van der Waals surface area (Å²) in [7, 11) is 0. The van der Waals surface area contributed by atoms with Crippen molar-refractivity contribution < 1.29 is 19.6 Å². The Bertz CT molecular complexity index is 616. The molecule has 24 heavy (non-hydrogen) atoms. The van der Waals surface area contributed by atoms with E-state index in [4.69, 9.17) is 0 Å². The highest BCUT2D eigenvalue weighted by Gasteiger charge is 2.65. The molecule has 0 aromatic carbocycles. The number of carbonyl (C=O) groups excluding carboxylic acids is 3. The highest BCUT2D eigenvalue weighted by atomic mass is 16.5. The maximum Gasteiger partial charge on any atom is 0.156 e. The maximum atomic E-state index is 13.2. The summed E-state index contributed by atoms with van der Waals surface area (Å²) in [5.74, 6) is 0.580. The molecule has 0 heterocycles. The van der Waals surface area contributed by atoms with Gasteiger partial charge in [0.2, 0.25) is 0 Å². The van der Waals surface area contributed by atoms with Crippen molar-refractivity contribution in [2.45, 2.75) is 64.8 Å². The lowest BCUT2D eigenvalue weighted by Gasteiger charge is -2.60. The van der Waals surface area contributed by atoms with E-state index in [1.54, 1.807) is 0 Å². The van der Waals surface area contributed by atoms with Gasteiger partial charge in [0.15, 0.2) is 5.78 Å². The summed E-state index contributed by atoms with van der Waals surface area (Å²) in [6.07, 6.45) is 4.86. The Hall–Kier alpha value is -1.07. The van der Waals surface area contributed by atoms with Crippen LogP contribution >= 0.6 is 0 Å². The monoisotopic (exact) mass is 333 g/mol. The van der Waals surface area contributed by atoms with Gasteiger partial charge < -0.3 is 5.21 Å². The van der Waals surface area contributed by atoms with Crippen LogP contribution < -0.4 is 5.48 Å². The van der Waals surface area contributed by atoms with Crippen molar-refractivity contribution in [3.63, 3.8) is 0 Å². The van der Waals surface area contributed by atoms with Gasteiger partial charge in [-0.15, -0.1) is 0 Å². The van der Waals surface area contributed by atoms with Crippen LogP contribution in [0, 0.1) is 34.5 Å². The lowest BCUT2D eigenvalue weighted by atomic mass is 9.44. The second-order valence-electron chi connectivity index (χ2n) is 9.02. The third-order valence-corrected chi connectivity index (χ3v) is 8.24. The summed E-state index contributed by atoms with van der Waals surface area (Å²) in [5.41, 5.74) is 1.77. The SMILES string of the molecule is C[C@]12CCC(=O)CC1C(NO)C(=O)[C@@H]1[C@@H]2CC[C@]2(C)C(=O)CC[C@@H]12. The average Bonchev–Trinajstić information content (AvgIpc) is 2.85. The lowest BCUT2D eigenvalue weighted by Crippen LogP contribution is -2.65. The fourth-order valence-electron chi connectivity index (χ4n) is 6.74. The zero-order chi connectivity index (χ0) is 17.3. The predicted molar refractivity (Wildman–Crippen MR) is 86.2 cm³/mol. The topological polar surface area (TPSA) is 83.5 Å². The molecule has 4 aliphatic carbocycles. The van der Waals surface area contributed by atoms with Gasteiger partial charge in [-0.25, -0.2) is 0 Å². The first-order chi connectivity index (χ1) is 11.3. The van der Waals surface area contributed by atoms with Gasteiger partial charge in [0.25, 0.3) is 0 Å². The first-order valence-corrected chi connectivity index (χ1v) is 9.31. The van der Waals surface area contributed by atoms with Gasteiger partial charge in [-0.2, -0.15) is 5.48 Å². The minimum Gasteiger partial charge on any atom is -0.316 e. The fraction of sp³-hybridized carbons (Fsp3) is 0.842. The van der Waals surface area contributed by atoms with Gasteiger partial charge in [0.05, 0.1) is 6.04 Å². The third kappa shape index (κ3) is 1.91. The van der Waals surface area contributed by atoms with Crippen molar-refractivity contribution in [3.8, 4) is 0 Å². The van der Waals surface area contributed by atoms with E-state index in [9.17, 15) is 19.6 Å². The van der Waals surface area contributed by atoms with Gasteiger partial charge in [0, 0.05) is 30.6 Å². The number of nitrogens with one attached hydrogen (secondary N) is 1. The van der Waals surface area contributed by atoms with E-state index in [-0.39, 0.29) is 46.1 Å². The summed E-state index contributed by atoms with van der Waals surface area (Å²) in [4.78, 5) is 37.7. The Balaban J connectivity index is 1.77. The second-order valence-corrected chi connectivity index (χ2v) is 9.02. The molecule has 4 aliphatic rings. The molecular formula is C19H27NO4. The minimum absolute atomic E-state index is 0.0327. The number of hydrogen-bond donors (Lipinski definition) is 2. The molecule has 0 amide bonds. The van der Waals surface area contributed by atoms with Crippen LogP contribution in [0.15, 0.2) is 0 Å². The van der Waals surface area contributed by atoms with Gasteiger partial charge in [0.1, 0.15) is 11.6 Å². The maximum absolute atomic E-state index is 13.2. The van der Waals surface area contributed by atoms with E-state index in [2.05, 4.69) is 12.4 Å². The lowest BCUT2D eigenvalue weighted by molar-refractivity contribution is -0.168. The third-order valence-electron chi connectivity index (χ3n) is 8.24. The molecule has 0 spiro atoms. The zero-order valence-corrected chi connectivity index (χ0v) is 14.5. The molecule has 132 valence electrons. The van der Waals surface area contributed by atoms with Crippen molar-refractivity contribution in [1.29, 1.82) is 0 Å². The van der Waals surface area contributed by atoms with Crippen LogP contribution in [0.1, 0.15) is 58.8 Å². The predicted octanol–water partition coefficient (Wildman–Crippen LogP) is 2.30. The quantitative estimate of drug-likeness (QED) is 0.720. The van der Waals surface area contributed by atoms with Crippen LogP contribution in [-0.2, 0) is 14.4 Å². The first-order valence-electron chi connectivity index (χ1n) is 9.31. The van der Waals surface area contributed by atoms with Crippen LogP contribution in [0.3, 0.4) is 0 Å². The number of rotatable bonds is 1. The molecule has 2 unspecified atom stereocenters. The summed E-state index contributed by atoms with van der Waals surface area (Å²) in [6, 6.07) is -0.668. The van der Waals surface area contributed by atoms with Gasteiger partial charge in [-0.05, 0) is 48.9 Å². The van der Waals surface area contributed by atoms with Gasteiger partial charge >= 0.3 is 0 Å². The average molecular weight is 333 g/mol. The minimum atomic E-state index is -0.668. The summed E-state index contributed by atoms with van der Waals surface area (Å²) >= 11 is 0. The highest BCUT2D eigenvalue weighted by molar-refractivity contribution is 5.93. The molecule has 0 aromatic rings. The molecule has 0 saturated heterocycles. The molecule has 0 radical (unpaired) electrons. The van der Waals surface area contributed by atoms with E-state index in [0.29, 0.717) is 25.0 Å². The molecule has 5 nitrogen and oxygen atoms in total. The molecule has 7 atom stereocenters. The Morgan fingerprint density at radius 1 is 1.00 bits per heavy atom. The van der Waals surface area contributed by atoms with Crippen LogP contribution in [0.2, 0.25) is 0 Å². The fourth-order valence-corrected chi connectivity index (χ4v) is 6.74. The molecule has 0 bridgehead atoms. The highest BCUT2D eigenvalue weighted by Crippen LogP contribution is 2.64. The van der Waals surface area contributed by atoms with Crippen LogP contribution in [0.4, 0.5) is 0 Å². The zero-order valence-electron chi connectivity index (χ0n) is 14.5. The molecular weight excluding hydrogens is 306 g/mol. The van der Waals surface area contributed by atoms with E-state index < -0.39 is 6.04 Å². The number of fused-ring (bicyclic) bond motifs is 5. The first kappa shape index (κ1) is 16.4. The molecule has 0 aromatic heterocycles. The van der Waals surface area contributed by atoms with Crippen molar-refractivity contribution >= 4 is 17.3 Å². The van der Waals surface area contributed by atoms with E-state index in [1.165, 1.54) is 0 Å². The summed E-state index contributed by atoms with van der Waals surface area (Å²) in [5, 5.41) is 9.70. The normalized spacial score (nSPS) is 51.1. The van der Waals surface area contributed by atoms with Crippen LogP contribution in [0.5, 0.6) is 0 Å². The van der Waals surface area contributed by atoms with Crippen molar-refractivity contribution in [1.82, 2.24) is 5.48 Å². The van der Waals surface area contributed by atoms with Gasteiger partial charge in [-0.1, -0.05) is 13.8 Å². The van der Waals surface area contributed by atoms with E-state index in [1.807, 2.05) is 6.92 Å². The van der Waals surface area contributed by atoms with Crippen molar-refractivity contribution in [2.75, 3.05) is 0 Å². The number of carbonyl (C=O) groups is 3. The Morgan fingerprint density at radius 3 is 2.46 bits per heavy atom. The standard InChI is InChI=1S/C19H27NO4/c1-18-7-5-10(21)9-13(18)16(20-24)17(23)15-11-3-4-14(22)19(11,2)8-6-12(15)18/h11-13,15-16,20,24H,3-9H2,1-2H3/t11-,12-,13?,15-,16?,18+,19-/m0/s1. The van der Waals surface area contributed by atoms with Crippen molar-refractivity contribution in [2.24, 2.45) is 34.5 Å². The molecule has 0 aliphatic heterocycles. The van der Waals surface area contributed by atoms with E-state index >= 15 is 0 Å². The summed E-state index contributed by atoms with van der Waals surface area (Å²) < 4.78 is 0. The molecule has 4 saturated carbocycles. The number of Topliss-reactive ketones (excluding diaryl/α,β-unsaturated/α-hetero) is 3. The molecule has 2 N–H and O–H groups in total. The Labute approximate surface area is 142 Å². The van der Waals surface area contributed by atoms with Crippen LogP contribution in [0.25, 0.3) is 0 Å². The summed E-state index contributed by atoms with van der Waals surface area (Å²) in [6.45, 7) is 4.24. The number of hydrogen-bond acceptors (Lipinski definition) is 5. The number of ketones is 3. The molecule has 4 fully saturated rings. The number of hydroxylamine groups is 1. The van der Waals surface area contributed by atoms with Crippen LogP contribution in [-0.4, -0.2) is 28.6 Å². The Morgan fingerprint density at radius 2 is 1.75 bits per heavy atom.